The summed E-state index contributed by atoms with van der Waals surface area (Å²) in [6, 6.07) is 6.24. The molecular weight excluding hydrogens is 224 g/mol. The van der Waals surface area contributed by atoms with E-state index in [-0.39, 0.29) is 5.69 Å². The van der Waals surface area contributed by atoms with Crippen LogP contribution in [0.15, 0.2) is 24.3 Å². The van der Waals surface area contributed by atoms with E-state index in [1.54, 1.807) is 12.1 Å². The van der Waals surface area contributed by atoms with Gasteiger partial charge in [0.2, 0.25) is 0 Å². The third-order valence-electron chi connectivity index (χ3n) is 2.73. The van der Waals surface area contributed by atoms with Gasteiger partial charge in [-0.2, -0.15) is 0 Å². The van der Waals surface area contributed by atoms with Crippen molar-refractivity contribution in [1.82, 2.24) is 5.32 Å². The minimum atomic E-state index is -0.656. The summed E-state index contributed by atoms with van der Waals surface area (Å²) in [6.45, 7) is 1.77. The van der Waals surface area contributed by atoms with Crippen LogP contribution in [-0.2, 0) is 4.74 Å². The van der Waals surface area contributed by atoms with Crippen molar-refractivity contribution < 1.29 is 14.8 Å². The molecule has 6 nitrogen and oxygen atoms in total. The number of ether oxygens (including phenoxy) is 1. The van der Waals surface area contributed by atoms with Gasteiger partial charge in [0, 0.05) is 18.7 Å². The Morgan fingerprint density at radius 3 is 2.59 bits per heavy atom. The van der Waals surface area contributed by atoms with Crippen LogP contribution < -0.4 is 5.32 Å². The first kappa shape index (κ1) is 12.0. The van der Waals surface area contributed by atoms with Crippen LogP contribution in [0.2, 0.25) is 0 Å². The molecule has 0 aromatic heterocycles. The van der Waals surface area contributed by atoms with Crippen LogP contribution in [0.3, 0.4) is 0 Å². The second kappa shape index (κ2) is 5.22. The van der Waals surface area contributed by atoms with Crippen molar-refractivity contribution >= 4 is 5.69 Å². The van der Waals surface area contributed by atoms with Crippen molar-refractivity contribution in [3.8, 4) is 0 Å². The molecule has 0 radical (unpaired) electrons. The Morgan fingerprint density at radius 2 is 2.12 bits per heavy atom. The zero-order valence-electron chi connectivity index (χ0n) is 9.20. The first-order chi connectivity index (χ1) is 8.16. The molecule has 0 bridgehead atoms. The van der Waals surface area contributed by atoms with E-state index in [0.717, 1.165) is 0 Å². The van der Waals surface area contributed by atoms with Crippen molar-refractivity contribution in [2.45, 2.75) is 12.1 Å². The molecule has 92 valence electrons. The molecule has 2 N–H and O–H groups in total. The van der Waals surface area contributed by atoms with E-state index in [2.05, 4.69) is 5.32 Å². The summed E-state index contributed by atoms with van der Waals surface area (Å²) in [6.07, 6.45) is -0.656. The molecule has 1 aromatic rings. The van der Waals surface area contributed by atoms with E-state index in [0.29, 0.717) is 31.4 Å². The number of rotatable bonds is 5. The van der Waals surface area contributed by atoms with E-state index in [9.17, 15) is 15.2 Å². The van der Waals surface area contributed by atoms with Gasteiger partial charge in [0.05, 0.1) is 30.3 Å². The van der Waals surface area contributed by atoms with Crippen molar-refractivity contribution in [2.24, 2.45) is 0 Å². The zero-order chi connectivity index (χ0) is 12.3. The number of nitro groups is 1. The Labute approximate surface area is 98.4 Å². The summed E-state index contributed by atoms with van der Waals surface area (Å²) in [7, 11) is 0. The summed E-state index contributed by atoms with van der Waals surface area (Å²) >= 11 is 0. The van der Waals surface area contributed by atoms with Gasteiger partial charge in [-0.05, 0) is 17.7 Å². The topological polar surface area (TPSA) is 84.6 Å². The standard InChI is InChI=1S/C11H14N2O4/c14-11(5-12-9-6-17-7-9)8-1-3-10(4-2-8)13(15)16/h1-4,9,11-12,14H,5-7H2. The molecule has 1 aromatic carbocycles. The van der Waals surface area contributed by atoms with Crippen molar-refractivity contribution in [3.63, 3.8) is 0 Å². The summed E-state index contributed by atoms with van der Waals surface area (Å²) in [5.41, 5.74) is 0.699. The second-order valence-corrected chi connectivity index (χ2v) is 4.01. The number of non-ortho nitro benzene ring substituents is 1. The molecule has 1 fully saturated rings. The van der Waals surface area contributed by atoms with E-state index in [4.69, 9.17) is 4.74 Å². The smallest absolute Gasteiger partial charge is 0.269 e. The van der Waals surface area contributed by atoms with Gasteiger partial charge < -0.3 is 15.2 Å². The highest BCUT2D eigenvalue weighted by Crippen LogP contribution is 2.17. The maximum absolute atomic E-state index is 10.5. The molecule has 1 aliphatic heterocycles. The minimum Gasteiger partial charge on any atom is -0.387 e. The van der Waals surface area contributed by atoms with E-state index < -0.39 is 11.0 Å². The predicted octanol–water partition coefficient (Wildman–Crippen LogP) is 0.617. The fourth-order valence-electron chi connectivity index (χ4n) is 1.57. The average molecular weight is 238 g/mol. The number of nitrogens with one attached hydrogen (secondary N) is 1. The van der Waals surface area contributed by atoms with Gasteiger partial charge in [0.15, 0.2) is 0 Å². The Hall–Kier alpha value is -1.50. The molecule has 0 saturated carbocycles. The largest absolute Gasteiger partial charge is 0.387 e. The monoisotopic (exact) mass is 238 g/mol. The third kappa shape index (κ3) is 3.00. The van der Waals surface area contributed by atoms with Gasteiger partial charge >= 0.3 is 0 Å². The fourth-order valence-corrected chi connectivity index (χ4v) is 1.57. The van der Waals surface area contributed by atoms with E-state index in [1.807, 2.05) is 0 Å². The molecule has 17 heavy (non-hydrogen) atoms. The quantitative estimate of drug-likeness (QED) is 0.580. The number of nitrogens with zero attached hydrogens (tertiary/aromatic N) is 1. The number of nitro benzene ring substituents is 1. The first-order valence-electron chi connectivity index (χ1n) is 5.40. The Morgan fingerprint density at radius 1 is 1.47 bits per heavy atom. The number of hydrogen-bond donors (Lipinski definition) is 2. The van der Waals surface area contributed by atoms with Gasteiger partial charge in [-0.1, -0.05) is 0 Å². The zero-order valence-corrected chi connectivity index (χ0v) is 9.20. The van der Waals surface area contributed by atoms with Gasteiger partial charge in [0.25, 0.3) is 5.69 Å². The molecule has 1 atom stereocenters. The lowest BCUT2D eigenvalue weighted by Gasteiger charge is -2.28. The molecule has 0 spiro atoms. The summed E-state index contributed by atoms with van der Waals surface area (Å²) < 4.78 is 5.00. The maximum Gasteiger partial charge on any atom is 0.269 e. The molecule has 6 heteroatoms. The highest BCUT2D eigenvalue weighted by molar-refractivity contribution is 5.33. The van der Waals surface area contributed by atoms with E-state index >= 15 is 0 Å². The number of hydrogen-bond acceptors (Lipinski definition) is 5. The van der Waals surface area contributed by atoms with Crippen LogP contribution in [0.25, 0.3) is 0 Å². The summed E-state index contributed by atoms with van der Waals surface area (Å²) in [4.78, 5) is 10.0. The van der Waals surface area contributed by atoms with Crippen molar-refractivity contribution in [2.75, 3.05) is 19.8 Å². The fraction of sp³-hybridized carbons (Fsp3) is 0.455. The number of aliphatic hydroxyl groups is 1. The van der Waals surface area contributed by atoms with Gasteiger partial charge in [-0.3, -0.25) is 10.1 Å². The second-order valence-electron chi connectivity index (χ2n) is 4.01. The van der Waals surface area contributed by atoms with Crippen molar-refractivity contribution in [3.05, 3.63) is 39.9 Å². The normalized spacial score (nSPS) is 17.5. The van der Waals surface area contributed by atoms with Crippen molar-refractivity contribution in [1.29, 1.82) is 0 Å². The SMILES string of the molecule is O=[N+]([O-])c1ccc(C(O)CNC2COC2)cc1. The highest BCUT2D eigenvalue weighted by atomic mass is 16.6. The predicted molar refractivity (Wildman–Crippen MR) is 60.7 cm³/mol. The van der Waals surface area contributed by atoms with Crippen LogP contribution >= 0.6 is 0 Å². The molecule has 1 unspecified atom stereocenters. The Balaban J connectivity index is 1.89. The van der Waals surface area contributed by atoms with Crippen LogP contribution in [0.1, 0.15) is 11.7 Å². The molecule has 1 aliphatic rings. The number of benzene rings is 1. The average Bonchev–Trinajstić information content (AvgIpc) is 2.27. The number of aliphatic hydroxyl groups excluding tert-OH is 1. The van der Waals surface area contributed by atoms with Crippen LogP contribution in [0.5, 0.6) is 0 Å². The molecule has 1 heterocycles. The molecule has 0 amide bonds. The van der Waals surface area contributed by atoms with E-state index in [1.165, 1.54) is 12.1 Å². The first-order valence-corrected chi connectivity index (χ1v) is 5.40. The molecule has 0 aliphatic carbocycles. The van der Waals surface area contributed by atoms with Gasteiger partial charge in [0.1, 0.15) is 0 Å². The molecule has 2 rings (SSSR count). The van der Waals surface area contributed by atoms with Gasteiger partial charge in [-0.25, -0.2) is 0 Å². The van der Waals surface area contributed by atoms with Crippen LogP contribution in [0, 0.1) is 10.1 Å². The lowest BCUT2D eigenvalue weighted by molar-refractivity contribution is -0.384. The lowest BCUT2D eigenvalue weighted by atomic mass is 10.1. The molecule has 1 saturated heterocycles. The van der Waals surface area contributed by atoms with Crippen LogP contribution in [0.4, 0.5) is 5.69 Å². The maximum atomic E-state index is 10.5. The third-order valence-corrected chi connectivity index (χ3v) is 2.73. The summed E-state index contributed by atoms with van der Waals surface area (Å²) in [5.74, 6) is 0. The Kier molecular flexibility index (Phi) is 3.68. The lowest BCUT2D eigenvalue weighted by Crippen LogP contribution is -2.47. The Bertz CT molecular complexity index is 389. The van der Waals surface area contributed by atoms with Gasteiger partial charge in [-0.15, -0.1) is 0 Å². The molecular formula is C11H14N2O4. The van der Waals surface area contributed by atoms with Crippen LogP contribution in [-0.4, -0.2) is 35.8 Å². The highest BCUT2D eigenvalue weighted by Gasteiger charge is 2.19. The minimum absolute atomic E-state index is 0.0290. The summed E-state index contributed by atoms with van der Waals surface area (Å²) in [5, 5.41) is 23.5.